The fraction of sp³-hybridized carbons (Fsp3) is 0.0476. The zero-order valence-electron chi connectivity index (χ0n) is 14.1. The highest BCUT2D eigenvalue weighted by Crippen LogP contribution is 2.33. The Kier molecular flexibility index (Phi) is 4.21. The lowest BCUT2D eigenvalue weighted by Gasteiger charge is -2.08. The maximum absolute atomic E-state index is 13.1. The Morgan fingerprint density at radius 3 is 2.23 bits per heavy atom. The predicted molar refractivity (Wildman–Crippen MR) is 109 cm³/mol. The summed E-state index contributed by atoms with van der Waals surface area (Å²) in [5.74, 6) is 0. The minimum Gasteiger partial charge on any atom is -0.240 e. The molecule has 0 aliphatic carbocycles. The molecule has 0 unspecified atom stereocenters. The number of nitrogens with zero attached hydrogens (tertiary/aromatic N) is 1. The summed E-state index contributed by atoms with van der Waals surface area (Å²) in [5.41, 5.74) is 3.81. The predicted octanol–water partition coefficient (Wildman–Crippen LogP) is 5.62. The van der Waals surface area contributed by atoms with E-state index in [1.807, 2.05) is 55.5 Å². The van der Waals surface area contributed by atoms with Gasteiger partial charge in [-0.3, -0.25) is 0 Å². The van der Waals surface area contributed by atoms with E-state index in [2.05, 4.69) is 15.9 Å². The zero-order valence-corrected chi connectivity index (χ0v) is 16.5. The lowest BCUT2D eigenvalue weighted by atomic mass is 10.0. The van der Waals surface area contributed by atoms with Crippen molar-refractivity contribution < 1.29 is 8.42 Å². The van der Waals surface area contributed by atoms with Crippen molar-refractivity contribution >= 4 is 36.9 Å². The highest BCUT2D eigenvalue weighted by molar-refractivity contribution is 9.10. The molecular formula is C21H16BrNO2S. The van der Waals surface area contributed by atoms with Crippen LogP contribution >= 0.6 is 15.9 Å². The average Bonchev–Trinajstić information content (AvgIpc) is 3.00. The van der Waals surface area contributed by atoms with E-state index in [9.17, 15) is 8.42 Å². The maximum atomic E-state index is 13.1. The minimum atomic E-state index is -3.65. The largest absolute Gasteiger partial charge is 0.268 e. The van der Waals surface area contributed by atoms with Gasteiger partial charge in [0.05, 0.1) is 10.4 Å². The molecular weight excluding hydrogens is 410 g/mol. The standard InChI is InChI=1S/C21H16BrNO2S/c1-15-7-10-18(11-8-15)26(24,25)23-14-20(22)19-13-17(9-12-21(19)23)16-5-3-2-4-6-16/h2-14H,1H3. The molecule has 130 valence electrons. The molecule has 0 atom stereocenters. The zero-order chi connectivity index (χ0) is 18.3. The molecule has 0 aliphatic rings. The van der Waals surface area contributed by atoms with Crippen LogP contribution in [-0.2, 0) is 10.0 Å². The van der Waals surface area contributed by atoms with Crippen molar-refractivity contribution in [2.75, 3.05) is 0 Å². The molecule has 0 bridgehead atoms. The second-order valence-corrected chi connectivity index (χ2v) is 8.86. The van der Waals surface area contributed by atoms with Crippen molar-refractivity contribution in [1.82, 2.24) is 3.97 Å². The second kappa shape index (κ2) is 6.41. The van der Waals surface area contributed by atoms with Crippen molar-refractivity contribution in [2.24, 2.45) is 0 Å². The smallest absolute Gasteiger partial charge is 0.240 e. The fourth-order valence-corrected chi connectivity index (χ4v) is 5.02. The molecule has 0 fully saturated rings. The third-order valence-corrected chi connectivity index (χ3v) is 6.73. The van der Waals surface area contributed by atoms with E-state index in [1.165, 1.54) is 3.97 Å². The van der Waals surface area contributed by atoms with Crippen LogP contribution in [0.5, 0.6) is 0 Å². The number of benzene rings is 3. The Morgan fingerprint density at radius 2 is 1.54 bits per heavy atom. The SMILES string of the molecule is Cc1ccc(S(=O)(=O)n2cc(Br)c3cc(-c4ccccc4)ccc32)cc1. The van der Waals surface area contributed by atoms with Gasteiger partial charge >= 0.3 is 0 Å². The summed E-state index contributed by atoms with van der Waals surface area (Å²) < 4.78 is 28.2. The first-order chi connectivity index (χ1) is 12.5. The lowest BCUT2D eigenvalue weighted by Crippen LogP contribution is -2.11. The van der Waals surface area contributed by atoms with Crippen LogP contribution in [0.4, 0.5) is 0 Å². The summed E-state index contributed by atoms with van der Waals surface area (Å²) in [6.07, 6.45) is 1.62. The molecule has 0 aliphatic heterocycles. The number of halogens is 1. The van der Waals surface area contributed by atoms with Crippen LogP contribution in [0.3, 0.4) is 0 Å². The van der Waals surface area contributed by atoms with Gasteiger partial charge in [0.15, 0.2) is 0 Å². The van der Waals surface area contributed by atoms with Gasteiger partial charge in [0.1, 0.15) is 0 Å². The van der Waals surface area contributed by atoms with Gasteiger partial charge in [0, 0.05) is 16.1 Å². The molecule has 0 radical (unpaired) electrons. The van der Waals surface area contributed by atoms with Gasteiger partial charge in [0.25, 0.3) is 10.0 Å². The molecule has 0 saturated heterocycles. The van der Waals surface area contributed by atoms with Crippen LogP contribution < -0.4 is 0 Å². The first-order valence-electron chi connectivity index (χ1n) is 8.15. The molecule has 4 rings (SSSR count). The number of hydrogen-bond acceptors (Lipinski definition) is 2. The highest BCUT2D eigenvalue weighted by Gasteiger charge is 2.20. The van der Waals surface area contributed by atoms with Crippen molar-refractivity contribution in [1.29, 1.82) is 0 Å². The van der Waals surface area contributed by atoms with E-state index in [0.717, 1.165) is 26.5 Å². The molecule has 1 aromatic heterocycles. The van der Waals surface area contributed by atoms with Crippen molar-refractivity contribution in [3.8, 4) is 11.1 Å². The fourth-order valence-electron chi connectivity index (χ4n) is 2.99. The van der Waals surface area contributed by atoms with Gasteiger partial charge < -0.3 is 0 Å². The molecule has 0 spiro atoms. The topological polar surface area (TPSA) is 39.1 Å². The molecule has 0 amide bonds. The summed E-state index contributed by atoms with van der Waals surface area (Å²) >= 11 is 3.52. The summed E-state index contributed by atoms with van der Waals surface area (Å²) in [5, 5.41) is 0.863. The molecule has 4 aromatic rings. The molecule has 1 heterocycles. The average molecular weight is 426 g/mol. The van der Waals surface area contributed by atoms with Crippen molar-refractivity contribution in [3.63, 3.8) is 0 Å². The van der Waals surface area contributed by atoms with E-state index < -0.39 is 10.0 Å². The van der Waals surface area contributed by atoms with Crippen LogP contribution in [0.2, 0.25) is 0 Å². The van der Waals surface area contributed by atoms with Gasteiger partial charge in [-0.2, -0.15) is 0 Å². The number of fused-ring (bicyclic) bond motifs is 1. The van der Waals surface area contributed by atoms with Crippen molar-refractivity contribution in [2.45, 2.75) is 11.8 Å². The number of hydrogen-bond donors (Lipinski definition) is 0. The monoisotopic (exact) mass is 425 g/mol. The summed E-state index contributed by atoms with van der Waals surface area (Å²) in [6.45, 7) is 1.93. The number of rotatable bonds is 3. The molecule has 26 heavy (non-hydrogen) atoms. The minimum absolute atomic E-state index is 0.277. The summed E-state index contributed by atoms with van der Waals surface area (Å²) in [4.78, 5) is 0.277. The van der Waals surface area contributed by atoms with E-state index >= 15 is 0 Å². The van der Waals surface area contributed by atoms with Crippen LogP contribution in [0, 0.1) is 6.92 Å². The second-order valence-electron chi connectivity index (χ2n) is 6.19. The maximum Gasteiger partial charge on any atom is 0.268 e. The van der Waals surface area contributed by atoms with Gasteiger partial charge in [-0.15, -0.1) is 0 Å². The van der Waals surface area contributed by atoms with Gasteiger partial charge in [-0.05, 0) is 58.2 Å². The molecule has 3 nitrogen and oxygen atoms in total. The Labute approximate surface area is 161 Å². The number of aryl methyl sites for hydroxylation is 1. The van der Waals surface area contributed by atoms with Crippen LogP contribution in [0.15, 0.2) is 88.4 Å². The van der Waals surface area contributed by atoms with E-state index in [0.29, 0.717) is 5.52 Å². The Bertz CT molecular complexity index is 1190. The summed E-state index contributed by atoms with van der Waals surface area (Å²) in [7, 11) is -3.65. The number of aromatic nitrogens is 1. The summed E-state index contributed by atoms with van der Waals surface area (Å²) in [6, 6.07) is 22.7. The quantitative estimate of drug-likeness (QED) is 0.427. The molecule has 0 saturated carbocycles. The van der Waals surface area contributed by atoms with Crippen LogP contribution in [0.1, 0.15) is 5.56 Å². The molecule has 5 heteroatoms. The van der Waals surface area contributed by atoms with Crippen molar-refractivity contribution in [3.05, 3.63) is 89.0 Å². The van der Waals surface area contributed by atoms with Gasteiger partial charge in [-0.25, -0.2) is 12.4 Å². The Balaban J connectivity index is 1.88. The first-order valence-corrected chi connectivity index (χ1v) is 10.4. The third-order valence-electron chi connectivity index (χ3n) is 4.41. The van der Waals surface area contributed by atoms with E-state index in [-0.39, 0.29) is 4.90 Å². The highest BCUT2D eigenvalue weighted by atomic mass is 79.9. The van der Waals surface area contributed by atoms with E-state index in [4.69, 9.17) is 0 Å². The van der Waals surface area contributed by atoms with Crippen LogP contribution in [0.25, 0.3) is 22.0 Å². The Morgan fingerprint density at radius 1 is 0.846 bits per heavy atom. The van der Waals surface area contributed by atoms with Gasteiger partial charge in [-0.1, -0.05) is 54.1 Å². The normalized spacial score (nSPS) is 11.8. The van der Waals surface area contributed by atoms with Crippen LogP contribution in [-0.4, -0.2) is 12.4 Å². The molecule has 0 N–H and O–H groups in total. The lowest BCUT2D eigenvalue weighted by molar-refractivity contribution is 0.589. The third kappa shape index (κ3) is 2.87. The molecule has 3 aromatic carbocycles. The first kappa shape index (κ1) is 17.1. The van der Waals surface area contributed by atoms with E-state index in [1.54, 1.807) is 30.5 Å². The van der Waals surface area contributed by atoms with Gasteiger partial charge in [0.2, 0.25) is 0 Å². The Hall–Kier alpha value is -2.37.